The average molecular weight is 271 g/mol. The highest BCUT2D eigenvalue weighted by Crippen LogP contribution is 2.01. The fourth-order valence-corrected chi connectivity index (χ4v) is 1.24. The molecular weight excluding hydrogens is 256 g/mol. The Labute approximate surface area is 110 Å². The van der Waals surface area contributed by atoms with E-state index in [1.54, 1.807) is 0 Å². The molecular formula is C11H15ClN4O2. The van der Waals surface area contributed by atoms with Crippen LogP contribution < -0.4 is 10.6 Å². The van der Waals surface area contributed by atoms with Crippen LogP contribution in [0.4, 0.5) is 0 Å². The van der Waals surface area contributed by atoms with Crippen molar-refractivity contribution in [1.29, 1.82) is 0 Å². The second-order valence-corrected chi connectivity index (χ2v) is 5.09. The van der Waals surface area contributed by atoms with Gasteiger partial charge < -0.3 is 10.6 Å². The number of nitrogens with zero attached hydrogens (tertiary/aromatic N) is 2. The minimum absolute atomic E-state index is 0.111. The second-order valence-electron chi connectivity index (χ2n) is 4.71. The zero-order valence-corrected chi connectivity index (χ0v) is 11.2. The molecule has 0 aliphatic heterocycles. The Morgan fingerprint density at radius 2 is 1.94 bits per heavy atom. The minimum Gasteiger partial charge on any atom is -0.350 e. The van der Waals surface area contributed by atoms with Crippen LogP contribution in [0.2, 0.25) is 5.15 Å². The summed E-state index contributed by atoms with van der Waals surface area (Å²) in [6.07, 6.45) is 2.52. The Bertz CT molecular complexity index is 439. The van der Waals surface area contributed by atoms with Gasteiger partial charge in [0.25, 0.3) is 5.91 Å². The van der Waals surface area contributed by atoms with E-state index in [0.717, 1.165) is 0 Å². The third-order valence-electron chi connectivity index (χ3n) is 1.78. The van der Waals surface area contributed by atoms with Crippen LogP contribution in [0, 0.1) is 0 Å². The highest BCUT2D eigenvalue weighted by molar-refractivity contribution is 6.29. The lowest BCUT2D eigenvalue weighted by Gasteiger charge is -2.20. The summed E-state index contributed by atoms with van der Waals surface area (Å²) in [5, 5.41) is 5.37. The van der Waals surface area contributed by atoms with E-state index in [1.165, 1.54) is 12.4 Å². The van der Waals surface area contributed by atoms with Gasteiger partial charge >= 0.3 is 0 Å². The lowest BCUT2D eigenvalue weighted by Crippen LogP contribution is -2.45. The van der Waals surface area contributed by atoms with Gasteiger partial charge in [0.15, 0.2) is 0 Å². The molecule has 0 spiro atoms. The molecule has 0 aliphatic carbocycles. The second kappa shape index (κ2) is 5.77. The van der Waals surface area contributed by atoms with Gasteiger partial charge in [-0.1, -0.05) is 11.6 Å². The molecule has 0 unspecified atom stereocenters. The maximum Gasteiger partial charge on any atom is 0.271 e. The molecule has 98 valence electrons. The molecule has 0 saturated carbocycles. The minimum atomic E-state index is -0.469. The van der Waals surface area contributed by atoms with Gasteiger partial charge in [0.2, 0.25) is 5.91 Å². The topological polar surface area (TPSA) is 84.0 Å². The van der Waals surface area contributed by atoms with Gasteiger partial charge in [-0.25, -0.2) is 9.97 Å². The number of nitrogens with one attached hydrogen (secondary N) is 2. The van der Waals surface area contributed by atoms with E-state index in [9.17, 15) is 9.59 Å². The summed E-state index contributed by atoms with van der Waals surface area (Å²) < 4.78 is 0. The first kappa shape index (κ1) is 14.4. The fraction of sp³-hybridized carbons (Fsp3) is 0.455. The van der Waals surface area contributed by atoms with E-state index in [-0.39, 0.29) is 28.8 Å². The first-order chi connectivity index (χ1) is 8.28. The summed E-state index contributed by atoms with van der Waals surface area (Å²) in [5.74, 6) is -0.735. The molecule has 1 heterocycles. The van der Waals surface area contributed by atoms with E-state index >= 15 is 0 Å². The van der Waals surface area contributed by atoms with E-state index in [0.29, 0.717) is 0 Å². The zero-order valence-electron chi connectivity index (χ0n) is 10.5. The Morgan fingerprint density at radius 1 is 1.28 bits per heavy atom. The van der Waals surface area contributed by atoms with Crippen LogP contribution in [0.25, 0.3) is 0 Å². The van der Waals surface area contributed by atoms with Gasteiger partial charge in [-0.05, 0) is 20.8 Å². The van der Waals surface area contributed by atoms with Gasteiger partial charge in [-0.3, -0.25) is 9.59 Å². The van der Waals surface area contributed by atoms with Crippen LogP contribution in [0.5, 0.6) is 0 Å². The lowest BCUT2D eigenvalue weighted by molar-refractivity contribution is -0.121. The smallest absolute Gasteiger partial charge is 0.271 e. The van der Waals surface area contributed by atoms with Crippen molar-refractivity contribution in [3.63, 3.8) is 0 Å². The zero-order chi connectivity index (χ0) is 13.8. The van der Waals surface area contributed by atoms with Crippen LogP contribution >= 0.6 is 11.6 Å². The van der Waals surface area contributed by atoms with E-state index < -0.39 is 5.91 Å². The lowest BCUT2D eigenvalue weighted by atomic mass is 10.1. The van der Waals surface area contributed by atoms with E-state index in [2.05, 4.69) is 20.6 Å². The van der Waals surface area contributed by atoms with Crippen LogP contribution in [0.1, 0.15) is 31.3 Å². The number of rotatable bonds is 3. The average Bonchev–Trinajstić information content (AvgIpc) is 2.24. The van der Waals surface area contributed by atoms with Crippen molar-refractivity contribution >= 4 is 23.4 Å². The van der Waals surface area contributed by atoms with E-state index in [1.807, 2.05) is 20.8 Å². The number of hydrogen-bond donors (Lipinski definition) is 2. The first-order valence-electron chi connectivity index (χ1n) is 5.35. The van der Waals surface area contributed by atoms with Crippen molar-refractivity contribution in [2.75, 3.05) is 6.54 Å². The summed E-state index contributed by atoms with van der Waals surface area (Å²) in [6.45, 7) is 5.46. The van der Waals surface area contributed by atoms with Crippen molar-refractivity contribution in [2.24, 2.45) is 0 Å². The predicted octanol–water partition coefficient (Wildman–Crippen LogP) is 0.774. The summed E-state index contributed by atoms with van der Waals surface area (Å²) in [4.78, 5) is 30.6. The van der Waals surface area contributed by atoms with Crippen molar-refractivity contribution in [3.8, 4) is 0 Å². The number of amides is 2. The number of halogens is 1. The molecule has 2 amide bonds. The number of carbonyl (C=O) groups is 2. The predicted molar refractivity (Wildman–Crippen MR) is 67.3 cm³/mol. The molecule has 1 aromatic rings. The normalized spacial score (nSPS) is 10.9. The molecule has 1 aromatic heterocycles. The van der Waals surface area contributed by atoms with Crippen molar-refractivity contribution in [2.45, 2.75) is 26.3 Å². The largest absolute Gasteiger partial charge is 0.350 e. The SMILES string of the molecule is CC(C)(C)NC(=O)CNC(=O)c1cnc(Cl)cn1. The Morgan fingerprint density at radius 3 is 2.44 bits per heavy atom. The molecule has 0 fully saturated rings. The maximum atomic E-state index is 11.6. The van der Waals surface area contributed by atoms with Gasteiger partial charge in [0.05, 0.1) is 18.9 Å². The van der Waals surface area contributed by atoms with Crippen molar-refractivity contribution in [3.05, 3.63) is 23.2 Å². The number of hydrogen-bond acceptors (Lipinski definition) is 4. The maximum absolute atomic E-state index is 11.6. The summed E-state index contributed by atoms with van der Waals surface area (Å²) in [7, 11) is 0. The van der Waals surface area contributed by atoms with Crippen LogP contribution in [0.15, 0.2) is 12.4 Å². The third kappa shape index (κ3) is 5.09. The molecule has 0 radical (unpaired) electrons. The van der Waals surface area contributed by atoms with E-state index in [4.69, 9.17) is 11.6 Å². The highest BCUT2D eigenvalue weighted by Gasteiger charge is 2.15. The third-order valence-corrected chi connectivity index (χ3v) is 1.97. The summed E-state index contributed by atoms with van der Waals surface area (Å²) in [5.41, 5.74) is -0.218. The Balaban J connectivity index is 2.47. The molecule has 0 atom stereocenters. The van der Waals surface area contributed by atoms with Crippen LogP contribution in [-0.4, -0.2) is 33.9 Å². The quantitative estimate of drug-likeness (QED) is 0.850. The van der Waals surface area contributed by atoms with Crippen molar-refractivity contribution in [1.82, 2.24) is 20.6 Å². The van der Waals surface area contributed by atoms with Crippen LogP contribution in [0.3, 0.4) is 0 Å². The van der Waals surface area contributed by atoms with Gasteiger partial charge in [-0.15, -0.1) is 0 Å². The fourth-order valence-electron chi connectivity index (χ4n) is 1.14. The Hall–Kier alpha value is -1.69. The molecule has 0 aliphatic rings. The summed E-state index contributed by atoms with van der Waals surface area (Å²) in [6, 6.07) is 0. The Kier molecular flexibility index (Phi) is 4.61. The number of aromatic nitrogens is 2. The monoisotopic (exact) mass is 270 g/mol. The molecule has 7 heteroatoms. The standard InChI is InChI=1S/C11H15ClN4O2/c1-11(2,3)16-9(17)6-15-10(18)7-4-14-8(12)5-13-7/h4-5H,6H2,1-3H3,(H,15,18)(H,16,17). The molecule has 2 N–H and O–H groups in total. The van der Waals surface area contributed by atoms with Gasteiger partial charge in [0, 0.05) is 5.54 Å². The van der Waals surface area contributed by atoms with Gasteiger partial charge in [-0.2, -0.15) is 0 Å². The molecule has 18 heavy (non-hydrogen) atoms. The molecule has 0 aromatic carbocycles. The number of carbonyl (C=O) groups excluding carboxylic acids is 2. The molecule has 6 nitrogen and oxygen atoms in total. The van der Waals surface area contributed by atoms with Crippen LogP contribution in [-0.2, 0) is 4.79 Å². The highest BCUT2D eigenvalue weighted by atomic mass is 35.5. The molecule has 0 saturated heterocycles. The molecule has 1 rings (SSSR count). The van der Waals surface area contributed by atoms with Gasteiger partial charge in [0.1, 0.15) is 10.8 Å². The summed E-state index contributed by atoms with van der Waals surface area (Å²) >= 11 is 5.55. The molecule has 0 bridgehead atoms. The first-order valence-corrected chi connectivity index (χ1v) is 5.72. The van der Waals surface area contributed by atoms with Crippen molar-refractivity contribution < 1.29 is 9.59 Å².